The van der Waals surface area contributed by atoms with Crippen LogP contribution in [0.3, 0.4) is 0 Å². The largest absolute Gasteiger partial charge is 0.485 e. The molecular formula is C14H20O3S. The first kappa shape index (κ1) is 13.6. The zero-order chi connectivity index (χ0) is 13.2. The van der Waals surface area contributed by atoms with Crippen LogP contribution in [0.4, 0.5) is 0 Å². The number of hydrogen-bond acceptors (Lipinski definition) is 3. The van der Waals surface area contributed by atoms with Crippen molar-refractivity contribution < 1.29 is 13.7 Å². The van der Waals surface area contributed by atoms with Gasteiger partial charge in [-0.05, 0) is 44.5 Å². The fourth-order valence-corrected chi connectivity index (χ4v) is 2.83. The Morgan fingerprint density at radius 3 is 2.50 bits per heavy atom. The summed E-state index contributed by atoms with van der Waals surface area (Å²) in [7, 11) is -0.892. The van der Waals surface area contributed by atoms with Gasteiger partial charge in [0.1, 0.15) is 17.5 Å². The molecule has 0 spiro atoms. The molecule has 1 aliphatic heterocycles. The highest BCUT2D eigenvalue weighted by atomic mass is 32.2. The summed E-state index contributed by atoms with van der Waals surface area (Å²) in [6, 6.07) is 7.52. The maximum Gasteiger partial charge on any atom is 0.132 e. The van der Waals surface area contributed by atoms with Gasteiger partial charge in [0.05, 0.1) is 17.4 Å². The topological polar surface area (TPSA) is 38.8 Å². The third-order valence-electron chi connectivity index (χ3n) is 2.97. The molecule has 18 heavy (non-hydrogen) atoms. The molecule has 0 radical (unpaired) electrons. The average Bonchev–Trinajstić information content (AvgIpc) is 3.13. The van der Waals surface area contributed by atoms with E-state index in [1.165, 1.54) is 0 Å². The van der Waals surface area contributed by atoms with Gasteiger partial charge in [-0.15, -0.1) is 0 Å². The molecule has 2 rings (SSSR count). The summed E-state index contributed by atoms with van der Waals surface area (Å²) >= 11 is 0. The Balaban J connectivity index is 2.01. The Morgan fingerprint density at radius 2 is 2.00 bits per heavy atom. The SMILES string of the molecule is CCCS(=O)c1ccc(OC(C)(C)C2CO2)cc1. The van der Waals surface area contributed by atoms with Gasteiger partial charge in [-0.1, -0.05) is 6.92 Å². The fourth-order valence-electron chi connectivity index (χ4n) is 1.78. The number of epoxide rings is 1. The lowest BCUT2D eigenvalue weighted by Crippen LogP contribution is -2.34. The molecule has 0 aromatic heterocycles. The van der Waals surface area contributed by atoms with Crippen LogP contribution in [0.1, 0.15) is 27.2 Å². The minimum Gasteiger partial charge on any atom is -0.485 e. The first-order valence-electron chi connectivity index (χ1n) is 6.32. The van der Waals surface area contributed by atoms with Gasteiger partial charge in [0.15, 0.2) is 0 Å². The molecule has 2 atom stereocenters. The molecule has 1 aromatic carbocycles. The van der Waals surface area contributed by atoms with Crippen molar-refractivity contribution in [1.29, 1.82) is 0 Å². The molecule has 0 N–H and O–H groups in total. The van der Waals surface area contributed by atoms with Crippen molar-refractivity contribution in [2.24, 2.45) is 0 Å². The maximum absolute atomic E-state index is 11.8. The van der Waals surface area contributed by atoms with Crippen molar-refractivity contribution in [2.45, 2.75) is 43.8 Å². The van der Waals surface area contributed by atoms with E-state index in [1.54, 1.807) is 0 Å². The first-order valence-corrected chi connectivity index (χ1v) is 7.64. The Morgan fingerprint density at radius 1 is 1.39 bits per heavy atom. The fraction of sp³-hybridized carbons (Fsp3) is 0.571. The summed E-state index contributed by atoms with van der Waals surface area (Å²) in [5.74, 6) is 1.51. The van der Waals surface area contributed by atoms with Crippen LogP contribution in [-0.4, -0.2) is 28.3 Å². The quantitative estimate of drug-likeness (QED) is 0.745. The Hall–Kier alpha value is -0.870. The zero-order valence-electron chi connectivity index (χ0n) is 11.1. The Bertz CT molecular complexity index is 421. The van der Waals surface area contributed by atoms with E-state index in [4.69, 9.17) is 9.47 Å². The molecule has 0 aliphatic carbocycles. The second kappa shape index (κ2) is 5.41. The van der Waals surface area contributed by atoms with Crippen molar-refractivity contribution in [1.82, 2.24) is 0 Å². The Kier molecular flexibility index (Phi) is 4.07. The molecule has 0 bridgehead atoms. The van der Waals surface area contributed by atoms with Crippen LogP contribution in [0.25, 0.3) is 0 Å². The molecule has 1 saturated heterocycles. The van der Waals surface area contributed by atoms with E-state index in [1.807, 2.05) is 45.0 Å². The van der Waals surface area contributed by atoms with Crippen molar-refractivity contribution in [2.75, 3.05) is 12.4 Å². The number of rotatable bonds is 6. The molecular weight excluding hydrogens is 248 g/mol. The zero-order valence-corrected chi connectivity index (χ0v) is 12.0. The van der Waals surface area contributed by atoms with Crippen LogP contribution in [0.15, 0.2) is 29.2 Å². The van der Waals surface area contributed by atoms with Gasteiger partial charge in [0.25, 0.3) is 0 Å². The summed E-state index contributed by atoms with van der Waals surface area (Å²) < 4.78 is 23.0. The molecule has 0 amide bonds. The summed E-state index contributed by atoms with van der Waals surface area (Å²) in [5, 5.41) is 0. The lowest BCUT2D eigenvalue weighted by atomic mass is 10.1. The second-order valence-corrected chi connectivity index (χ2v) is 6.62. The van der Waals surface area contributed by atoms with E-state index >= 15 is 0 Å². The van der Waals surface area contributed by atoms with E-state index in [-0.39, 0.29) is 11.7 Å². The van der Waals surface area contributed by atoms with Gasteiger partial charge in [-0.25, -0.2) is 0 Å². The third-order valence-corrected chi connectivity index (χ3v) is 4.54. The molecule has 3 nitrogen and oxygen atoms in total. The average molecular weight is 268 g/mol. The van der Waals surface area contributed by atoms with Gasteiger partial charge in [-0.3, -0.25) is 4.21 Å². The van der Waals surface area contributed by atoms with E-state index in [2.05, 4.69) is 0 Å². The first-order chi connectivity index (χ1) is 8.53. The van der Waals surface area contributed by atoms with Gasteiger partial charge in [-0.2, -0.15) is 0 Å². The smallest absolute Gasteiger partial charge is 0.132 e. The summed E-state index contributed by atoms with van der Waals surface area (Å²) in [6.07, 6.45) is 1.11. The normalized spacial score (nSPS) is 20.5. The lowest BCUT2D eigenvalue weighted by molar-refractivity contribution is 0.0744. The van der Waals surface area contributed by atoms with Crippen LogP contribution < -0.4 is 4.74 Å². The highest BCUT2D eigenvalue weighted by molar-refractivity contribution is 7.85. The lowest BCUT2D eigenvalue weighted by Gasteiger charge is -2.24. The summed E-state index contributed by atoms with van der Waals surface area (Å²) in [6.45, 7) is 6.85. The van der Waals surface area contributed by atoms with Crippen molar-refractivity contribution in [3.63, 3.8) is 0 Å². The van der Waals surface area contributed by atoms with E-state index < -0.39 is 10.8 Å². The van der Waals surface area contributed by atoms with Crippen LogP contribution in [-0.2, 0) is 15.5 Å². The molecule has 1 aromatic rings. The van der Waals surface area contributed by atoms with Crippen molar-refractivity contribution in [3.8, 4) is 5.75 Å². The van der Waals surface area contributed by atoms with Gasteiger partial charge >= 0.3 is 0 Å². The monoisotopic (exact) mass is 268 g/mol. The molecule has 1 heterocycles. The highest BCUT2D eigenvalue weighted by Crippen LogP contribution is 2.29. The standard InChI is InChI=1S/C14H20O3S/c1-4-9-18(15)12-7-5-11(6-8-12)17-14(2,3)13-10-16-13/h5-8,13H,4,9-10H2,1-3H3. The van der Waals surface area contributed by atoms with Gasteiger partial charge < -0.3 is 9.47 Å². The molecule has 1 aliphatic rings. The number of hydrogen-bond donors (Lipinski definition) is 0. The molecule has 2 unspecified atom stereocenters. The predicted octanol–water partition coefficient (Wildman–Crippen LogP) is 2.76. The third kappa shape index (κ3) is 3.33. The van der Waals surface area contributed by atoms with Gasteiger partial charge in [0.2, 0.25) is 0 Å². The number of benzene rings is 1. The molecule has 0 saturated carbocycles. The van der Waals surface area contributed by atoms with Crippen molar-refractivity contribution >= 4 is 10.8 Å². The minimum atomic E-state index is -0.892. The maximum atomic E-state index is 11.8. The highest BCUT2D eigenvalue weighted by Gasteiger charge is 2.41. The summed E-state index contributed by atoms with van der Waals surface area (Å²) in [4.78, 5) is 0.865. The van der Waals surface area contributed by atoms with Gasteiger partial charge in [0, 0.05) is 10.6 Å². The van der Waals surface area contributed by atoms with Crippen LogP contribution in [0, 0.1) is 0 Å². The van der Waals surface area contributed by atoms with Crippen LogP contribution in [0.2, 0.25) is 0 Å². The van der Waals surface area contributed by atoms with Crippen LogP contribution in [0.5, 0.6) is 5.75 Å². The van der Waals surface area contributed by atoms with Crippen molar-refractivity contribution in [3.05, 3.63) is 24.3 Å². The van der Waals surface area contributed by atoms with Crippen LogP contribution >= 0.6 is 0 Å². The molecule has 4 heteroatoms. The van der Waals surface area contributed by atoms with E-state index in [0.717, 1.165) is 23.7 Å². The number of ether oxygens (including phenoxy) is 2. The molecule has 100 valence electrons. The van der Waals surface area contributed by atoms with E-state index in [9.17, 15) is 4.21 Å². The van der Waals surface area contributed by atoms with E-state index in [0.29, 0.717) is 5.75 Å². The molecule has 1 fully saturated rings. The predicted molar refractivity (Wildman–Crippen MR) is 72.5 cm³/mol. The summed E-state index contributed by atoms with van der Waals surface area (Å²) in [5.41, 5.74) is -0.302. The minimum absolute atomic E-state index is 0.186. The second-order valence-electron chi connectivity index (χ2n) is 5.05. The Labute approximate surface area is 111 Å².